The minimum Gasteiger partial charge on any atom is -0.354 e. The van der Waals surface area contributed by atoms with Crippen molar-refractivity contribution in [3.63, 3.8) is 0 Å². The van der Waals surface area contributed by atoms with Gasteiger partial charge in [0.2, 0.25) is 5.91 Å². The van der Waals surface area contributed by atoms with Gasteiger partial charge in [-0.3, -0.25) is 19.3 Å². The van der Waals surface area contributed by atoms with Crippen LogP contribution in [-0.2, 0) is 16.1 Å². The molecule has 170 valence electrons. The number of imidazole rings is 1. The molecule has 0 unspecified atom stereocenters. The number of fused-ring (bicyclic) bond motifs is 1. The molecule has 3 amide bonds. The van der Waals surface area contributed by atoms with E-state index in [-0.39, 0.29) is 35.2 Å². The third-order valence-electron chi connectivity index (χ3n) is 4.99. The number of nitrogens with one attached hydrogen (secondary N) is 1. The molecule has 1 N–H and O–H groups in total. The number of aryl methyl sites for hydroxylation is 1. The molecule has 0 bridgehead atoms. The number of para-hydroxylation sites is 2. The van der Waals surface area contributed by atoms with E-state index in [1.807, 2.05) is 31.2 Å². The van der Waals surface area contributed by atoms with E-state index in [2.05, 4.69) is 14.9 Å². The highest BCUT2D eigenvalue weighted by atomic mass is 32.2. The van der Waals surface area contributed by atoms with Gasteiger partial charge >= 0.3 is 0 Å². The Labute approximate surface area is 198 Å². The number of nitrogens with zero attached hydrogens (tertiary/aromatic N) is 3. The second-order valence-corrected chi connectivity index (χ2v) is 9.06. The molecule has 1 aromatic heterocycles. The van der Waals surface area contributed by atoms with Crippen molar-refractivity contribution in [1.82, 2.24) is 19.8 Å². The fraction of sp³-hybridized carbons (Fsp3) is 0.217. The lowest BCUT2D eigenvalue weighted by molar-refractivity contribution is -0.123. The van der Waals surface area contributed by atoms with Crippen molar-refractivity contribution in [3.8, 4) is 0 Å². The number of amides is 3. The van der Waals surface area contributed by atoms with Crippen LogP contribution >= 0.6 is 23.5 Å². The van der Waals surface area contributed by atoms with Crippen molar-refractivity contribution in [2.24, 2.45) is 0 Å². The predicted octanol–water partition coefficient (Wildman–Crippen LogP) is 4.14. The number of rotatable bonds is 8. The maximum atomic E-state index is 13.8. The molecule has 7 nitrogen and oxygen atoms in total. The molecule has 4 rings (SSSR count). The Kier molecular flexibility index (Phi) is 7.14. The quantitative estimate of drug-likeness (QED) is 0.382. The molecule has 1 aliphatic rings. The predicted molar refractivity (Wildman–Crippen MR) is 128 cm³/mol. The zero-order valence-corrected chi connectivity index (χ0v) is 19.4. The lowest BCUT2D eigenvalue weighted by atomic mass is 10.2. The van der Waals surface area contributed by atoms with Crippen LogP contribution in [0, 0.1) is 5.82 Å². The Morgan fingerprint density at radius 1 is 1.18 bits per heavy atom. The third-order valence-corrected chi connectivity index (χ3v) is 6.87. The molecule has 1 aliphatic heterocycles. The number of benzene rings is 2. The number of halogens is 1. The van der Waals surface area contributed by atoms with Gasteiger partial charge in [-0.1, -0.05) is 42.1 Å². The summed E-state index contributed by atoms with van der Waals surface area (Å²) in [6.07, 6.45) is 1.37. The van der Waals surface area contributed by atoms with Crippen LogP contribution in [0.1, 0.15) is 12.5 Å². The van der Waals surface area contributed by atoms with E-state index in [0.717, 1.165) is 39.4 Å². The van der Waals surface area contributed by atoms with Crippen LogP contribution in [0.5, 0.6) is 0 Å². The van der Waals surface area contributed by atoms with E-state index in [1.54, 1.807) is 12.1 Å². The summed E-state index contributed by atoms with van der Waals surface area (Å²) in [4.78, 5) is 42.8. The van der Waals surface area contributed by atoms with Crippen molar-refractivity contribution >= 4 is 57.7 Å². The standard InChI is InChI=1S/C23H21FN4O3S2/c1-2-27-18-10-6-5-9-17(18)26-22(27)32-14-20(29)25-11-12-28-21(30)19(33-23(28)31)13-15-7-3-4-8-16(15)24/h3-10,13H,2,11-12,14H2,1H3,(H,25,29)/b19-13-. The fourth-order valence-corrected chi connectivity index (χ4v) is 5.15. The summed E-state index contributed by atoms with van der Waals surface area (Å²) in [7, 11) is 0. The van der Waals surface area contributed by atoms with Gasteiger partial charge in [0.15, 0.2) is 5.16 Å². The van der Waals surface area contributed by atoms with Crippen LogP contribution in [0.25, 0.3) is 17.1 Å². The van der Waals surface area contributed by atoms with Crippen LogP contribution in [0.2, 0.25) is 0 Å². The molecule has 0 saturated carbocycles. The minimum absolute atomic E-state index is 0.0448. The first kappa shape index (κ1) is 23.1. The van der Waals surface area contributed by atoms with Crippen LogP contribution in [-0.4, -0.2) is 50.3 Å². The smallest absolute Gasteiger partial charge is 0.293 e. The van der Waals surface area contributed by atoms with Gasteiger partial charge in [-0.25, -0.2) is 9.37 Å². The van der Waals surface area contributed by atoms with Crippen molar-refractivity contribution < 1.29 is 18.8 Å². The Hall–Kier alpha value is -3.11. The number of aromatic nitrogens is 2. The first-order valence-electron chi connectivity index (χ1n) is 10.3. The largest absolute Gasteiger partial charge is 0.354 e. The molecule has 1 fully saturated rings. The molecular formula is C23H21FN4O3S2. The van der Waals surface area contributed by atoms with Gasteiger partial charge in [-0.2, -0.15) is 0 Å². The van der Waals surface area contributed by atoms with Crippen molar-refractivity contribution in [3.05, 3.63) is 64.8 Å². The summed E-state index contributed by atoms with van der Waals surface area (Å²) in [5, 5.41) is 3.05. The zero-order chi connectivity index (χ0) is 23.4. The lowest BCUT2D eigenvalue weighted by Gasteiger charge is -2.13. The molecule has 2 aromatic carbocycles. The van der Waals surface area contributed by atoms with Crippen molar-refractivity contribution in [2.45, 2.75) is 18.6 Å². The van der Waals surface area contributed by atoms with E-state index < -0.39 is 17.0 Å². The van der Waals surface area contributed by atoms with Gasteiger partial charge in [-0.05, 0) is 43.0 Å². The Balaban J connectivity index is 1.30. The summed E-state index contributed by atoms with van der Waals surface area (Å²) in [5.74, 6) is -1.01. The van der Waals surface area contributed by atoms with Gasteiger partial charge in [-0.15, -0.1) is 0 Å². The van der Waals surface area contributed by atoms with Crippen LogP contribution in [0.3, 0.4) is 0 Å². The number of hydrogen-bond acceptors (Lipinski definition) is 6. The third kappa shape index (κ3) is 5.12. The SMILES string of the molecule is CCn1c(SCC(=O)NCCN2C(=O)S/C(=C\c3ccccc3F)C2=O)nc2ccccc21. The first-order chi connectivity index (χ1) is 16.0. The van der Waals surface area contributed by atoms with Crippen LogP contribution in [0.4, 0.5) is 9.18 Å². The molecule has 0 aliphatic carbocycles. The number of carbonyl (C=O) groups excluding carboxylic acids is 3. The molecule has 1 saturated heterocycles. The summed E-state index contributed by atoms with van der Waals surface area (Å²) in [6, 6.07) is 13.8. The second-order valence-electron chi connectivity index (χ2n) is 7.12. The van der Waals surface area contributed by atoms with Gasteiger partial charge in [0.1, 0.15) is 5.82 Å². The van der Waals surface area contributed by atoms with E-state index in [1.165, 1.54) is 30.0 Å². The van der Waals surface area contributed by atoms with E-state index in [0.29, 0.717) is 0 Å². The highest BCUT2D eigenvalue weighted by Gasteiger charge is 2.34. The Morgan fingerprint density at radius 2 is 1.94 bits per heavy atom. The summed E-state index contributed by atoms with van der Waals surface area (Å²) in [5.41, 5.74) is 2.14. The monoisotopic (exact) mass is 484 g/mol. The highest BCUT2D eigenvalue weighted by molar-refractivity contribution is 8.18. The fourth-order valence-electron chi connectivity index (χ4n) is 3.38. The van der Waals surface area contributed by atoms with Crippen LogP contribution < -0.4 is 5.32 Å². The first-order valence-corrected chi connectivity index (χ1v) is 12.1. The molecule has 3 aromatic rings. The highest BCUT2D eigenvalue weighted by Crippen LogP contribution is 2.32. The van der Waals surface area contributed by atoms with Crippen molar-refractivity contribution in [1.29, 1.82) is 0 Å². The zero-order valence-electron chi connectivity index (χ0n) is 17.8. The normalized spacial score (nSPS) is 15.1. The maximum absolute atomic E-state index is 13.8. The average Bonchev–Trinajstić information content (AvgIpc) is 3.30. The molecular weight excluding hydrogens is 463 g/mol. The maximum Gasteiger partial charge on any atom is 0.293 e. The number of hydrogen-bond donors (Lipinski definition) is 1. The van der Waals surface area contributed by atoms with Gasteiger partial charge in [0.25, 0.3) is 11.1 Å². The second kappa shape index (κ2) is 10.2. The van der Waals surface area contributed by atoms with Gasteiger partial charge in [0.05, 0.1) is 21.7 Å². The van der Waals surface area contributed by atoms with Gasteiger partial charge in [0, 0.05) is 25.2 Å². The Bertz CT molecular complexity index is 1260. The van der Waals surface area contributed by atoms with E-state index in [9.17, 15) is 18.8 Å². The number of imide groups is 1. The average molecular weight is 485 g/mol. The summed E-state index contributed by atoms with van der Waals surface area (Å²) >= 11 is 2.10. The molecule has 10 heteroatoms. The number of carbonyl (C=O) groups is 3. The number of thioether (sulfide) groups is 2. The molecule has 0 spiro atoms. The van der Waals surface area contributed by atoms with Gasteiger partial charge < -0.3 is 9.88 Å². The molecule has 2 heterocycles. The molecule has 0 atom stereocenters. The van der Waals surface area contributed by atoms with E-state index in [4.69, 9.17) is 0 Å². The molecule has 0 radical (unpaired) electrons. The Morgan fingerprint density at radius 3 is 2.73 bits per heavy atom. The van der Waals surface area contributed by atoms with E-state index >= 15 is 0 Å². The minimum atomic E-state index is -0.492. The topological polar surface area (TPSA) is 84.3 Å². The molecule has 33 heavy (non-hydrogen) atoms. The van der Waals surface area contributed by atoms with Crippen molar-refractivity contribution in [2.75, 3.05) is 18.8 Å². The van der Waals surface area contributed by atoms with Crippen LogP contribution in [0.15, 0.2) is 58.6 Å². The summed E-state index contributed by atoms with van der Waals surface area (Å²) < 4.78 is 15.9. The summed E-state index contributed by atoms with van der Waals surface area (Å²) in [6.45, 7) is 2.94. The lowest BCUT2D eigenvalue weighted by Crippen LogP contribution is -2.37.